The lowest BCUT2D eigenvalue weighted by Crippen LogP contribution is -2.56. The summed E-state index contributed by atoms with van der Waals surface area (Å²) in [6, 6.07) is 12.6. The standard InChI is InChI=1S/C17H19BrN2O.ClH/c1-11-10-20(12(2)9-19-11)17(21)15-4-3-14-8-16(18)6-5-13(14)7-15;/h3-8,11-12,19H,9-10H2,1-2H3;1H. The van der Waals surface area contributed by atoms with Crippen LogP contribution < -0.4 is 5.32 Å². The lowest BCUT2D eigenvalue weighted by molar-refractivity contribution is 0.0616. The Morgan fingerprint density at radius 2 is 1.86 bits per heavy atom. The number of nitrogens with zero attached hydrogens (tertiary/aromatic N) is 1. The van der Waals surface area contributed by atoms with Gasteiger partial charge >= 0.3 is 0 Å². The van der Waals surface area contributed by atoms with E-state index in [4.69, 9.17) is 0 Å². The van der Waals surface area contributed by atoms with E-state index in [1.165, 1.54) is 0 Å². The molecule has 0 bridgehead atoms. The minimum Gasteiger partial charge on any atom is -0.333 e. The second-order valence-corrected chi connectivity index (χ2v) is 6.74. The first-order chi connectivity index (χ1) is 10.0. The number of carbonyl (C=O) groups excluding carboxylic acids is 1. The molecule has 5 heteroatoms. The first-order valence-corrected chi connectivity index (χ1v) is 8.07. The van der Waals surface area contributed by atoms with Crippen LogP contribution in [0.3, 0.4) is 0 Å². The van der Waals surface area contributed by atoms with Crippen LogP contribution >= 0.6 is 28.3 Å². The Kier molecular flexibility index (Phi) is 5.48. The third kappa shape index (κ3) is 3.45. The fourth-order valence-corrected chi connectivity index (χ4v) is 3.20. The van der Waals surface area contributed by atoms with Gasteiger partial charge in [0.25, 0.3) is 5.91 Å². The minimum absolute atomic E-state index is 0. The highest BCUT2D eigenvalue weighted by Gasteiger charge is 2.27. The Bertz CT molecular complexity index is 691. The van der Waals surface area contributed by atoms with E-state index in [1.54, 1.807) is 0 Å². The number of amides is 1. The quantitative estimate of drug-likeness (QED) is 0.811. The lowest BCUT2D eigenvalue weighted by atomic mass is 10.0. The van der Waals surface area contributed by atoms with Gasteiger partial charge in [0, 0.05) is 35.2 Å². The molecule has 3 nitrogen and oxygen atoms in total. The highest BCUT2D eigenvalue weighted by Crippen LogP contribution is 2.22. The molecule has 0 aromatic heterocycles. The highest BCUT2D eigenvalue weighted by atomic mass is 79.9. The minimum atomic E-state index is 0. The number of hydrogen-bond donors (Lipinski definition) is 1. The zero-order valence-corrected chi connectivity index (χ0v) is 15.1. The van der Waals surface area contributed by atoms with Gasteiger partial charge in [-0.25, -0.2) is 0 Å². The third-order valence-corrected chi connectivity index (χ3v) is 4.57. The Hall–Kier alpha value is -1.10. The second kappa shape index (κ2) is 6.99. The van der Waals surface area contributed by atoms with E-state index in [-0.39, 0.29) is 24.4 Å². The molecule has 1 aliphatic heterocycles. The van der Waals surface area contributed by atoms with Gasteiger partial charge in [0.15, 0.2) is 0 Å². The molecule has 2 unspecified atom stereocenters. The van der Waals surface area contributed by atoms with Crippen molar-refractivity contribution in [3.05, 3.63) is 46.4 Å². The summed E-state index contributed by atoms with van der Waals surface area (Å²) in [7, 11) is 0. The van der Waals surface area contributed by atoms with E-state index in [1.807, 2.05) is 35.2 Å². The molecule has 1 amide bonds. The van der Waals surface area contributed by atoms with Crippen LogP contribution in [0.4, 0.5) is 0 Å². The molecule has 1 fully saturated rings. The van der Waals surface area contributed by atoms with Gasteiger partial charge in [-0.05, 0) is 48.9 Å². The Morgan fingerprint density at radius 1 is 1.18 bits per heavy atom. The summed E-state index contributed by atoms with van der Waals surface area (Å²) in [5.41, 5.74) is 0.769. The fourth-order valence-electron chi connectivity index (χ4n) is 2.82. The molecule has 2 aromatic rings. The summed E-state index contributed by atoms with van der Waals surface area (Å²) in [4.78, 5) is 14.7. The third-order valence-electron chi connectivity index (χ3n) is 4.07. The van der Waals surface area contributed by atoms with Crippen LogP contribution in [0.5, 0.6) is 0 Å². The largest absolute Gasteiger partial charge is 0.333 e. The van der Waals surface area contributed by atoms with Crippen molar-refractivity contribution in [2.45, 2.75) is 25.9 Å². The molecule has 22 heavy (non-hydrogen) atoms. The van der Waals surface area contributed by atoms with Gasteiger partial charge in [0.1, 0.15) is 0 Å². The molecule has 0 aliphatic carbocycles. The molecule has 2 aromatic carbocycles. The predicted molar refractivity (Wildman–Crippen MR) is 96.9 cm³/mol. The first-order valence-electron chi connectivity index (χ1n) is 7.28. The average molecular weight is 384 g/mol. The number of benzene rings is 2. The van der Waals surface area contributed by atoms with Crippen molar-refractivity contribution in [1.82, 2.24) is 10.2 Å². The topological polar surface area (TPSA) is 32.3 Å². The van der Waals surface area contributed by atoms with Crippen molar-refractivity contribution >= 4 is 45.0 Å². The maximum atomic E-state index is 12.8. The van der Waals surface area contributed by atoms with Gasteiger partial charge in [-0.2, -0.15) is 0 Å². The van der Waals surface area contributed by atoms with E-state index < -0.39 is 0 Å². The van der Waals surface area contributed by atoms with E-state index in [0.29, 0.717) is 6.04 Å². The lowest BCUT2D eigenvalue weighted by Gasteiger charge is -2.37. The van der Waals surface area contributed by atoms with Gasteiger partial charge in [-0.15, -0.1) is 12.4 Å². The normalized spacial score (nSPS) is 21.5. The number of nitrogens with one attached hydrogen (secondary N) is 1. The number of carbonyl (C=O) groups is 1. The SMILES string of the molecule is CC1CN(C(=O)c2ccc3cc(Br)ccc3c2)C(C)CN1.Cl. The summed E-state index contributed by atoms with van der Waals surface area (Å²) in [5, 5.41) is 5.64. The van der Waals surface area contributed by atoms with Crippen LogP contribution in [-0.4, -0.2) is 36.0 Å². The van der Waals surface area contributed by atoms with Crippen LogP contribution in [0.25, 0.3) is 10.8 Å². The van der Waals surface area contributed by atoms with E-state index >= 15 is 0 Å². The molecule has 0 saturated carbocycles. The Labute approximate surface area is 145 Å². The van der Waals surface area contributed by atoms with Crippen molar-refractivity contribution in [2.75, 3.05) is 13.1 Å². The van der Waals surface area contributed by atoms with Crippen LogP contribution in [-0.2, 0) is 0 Å². The molecule has 118 valence electrons. The molecular weight excluding hydrogens is 364 g/mol. The van der Waals surface area contributed by atoms with Crippen LogP contribution in [0.15, 0.2) is 40.9 Å². The van der Waals surface area contributed by atoms with Crippen molar-refractivity contribution in [3.8, 4) is 0 Å². The summed E-state index contributed by atoms with van der Waals surface area (Å²) in [6.07, 6.45) is 0. The van der Waals surface area contributed by atoms with Crippen LogP contribution in [0.2, 0.25) is 0 Å². The maximum Gasteiger partial charge on any atom is 0.254 e. The summed E-state index contributed by atoms with van der Waals surface area (Å²) < 4.78 is 1.05. The Balaban J connectivity index is 0.00000176. The van der Waals surface area contributed by atoms with Crippen molar-refractivity contribution in [3.63, 3.8) is 0 Å². The zero-order valence-electron chi connectivity index (χ0n) is 12.7. The number of fused-ring (bicyclic) bond motifs is 1. The van der Waals surface area contributed by atoms with E-state index in [9.17, 15) is 4.79 Å². The highest BCUT2D eigenvalue weighted by molar-refractivity contribution is 9.10. The van der Waals surface area contributed by atoms with Gasteiger partial charge in [0.05, 0.1) is 0 Å². The number of piperazine rings is 1. The monoisotopic (exact) mass is 382 g/mol. The molecule has 1 heterocycles. The molecule has 1 saturated heterocycles. The molecule has 1 N–H and O–H groups in total. The van der Waals surface area contributed by atoms with Crippen molar-refractivity contribution in [2.24, 2.45) is 0 Å². The summed E-state index contributed by atoms with van der Waals surface area (Å²) >= 11 is 3.47. The van der Waals surface area contributed by atoms with Gasteiger partial charge in [-0.1, -0.05) is 28.1 Å². The zero-order chi connectivity index (χ0) is 15.0. The van der Waals surface area contributed by atoms with E-state index in [2.05, 4.69) is 41.2 Å². The second-order valence-electron chi connectivity index (χ2n) is 5.82. The number of halogens is 2. The first kappa shape index (κ1) is 17.3. The smallest absolute Gasteiger partial charge is 0.254 e. The van der Waals surface area contributed by atoms with Gasteiger partial charge in [-0.3, -0.25) is 4.79 Å². The molecule has 0 spiro atoms. The summed E-state index contributed by atoms with van der Waals surface area (Å²) in [6.45, 7) is 5.82. The van der Waals surface area contributed by atoms with Crippen molar-refractivity contribution < 1.29 is 4.79 Å². The number of hydrogen-bond acceptors (Lipinski definition) is 2. The maximum absolute atomic E-state index is 12.8. The molecule has 1 aliphatic rings. The molecule has 2 atom stereocenters. The predicted octanol–water partition coefficient (Wildman–Crippen LogP) is 3.85. The van der Waals surface area contributed by atoms with Gasteiger partial charge in [0.2, 0.25) is 0 Å². The van der Waals surface area contributed by atoms with Crippen LogP contribution in [0.1, 0.15) is 24.2 Å². The number of rotatable bonds is 1. The van der Waals surface area contributed by atoms with Gasteiger partial charge < -0.3 is 10.2 Å². The average Bonchev–Trinajstić information content (AvgIpc) is 2.48. The Morgan fingerprint density at radius 3 is 2.64 bits per heavy atom. The van der Waals surface area contributed by atoms with Crippen molar-refractivity contribution in [1.29, 1.82) is 0 Å². The molecular formula is C17H20BrClN2O. The van der Waals surface area contributed by atoms with Crippen LogP contribution in [0, 0.1) is 0 Å². The molecule has 0 radical (unpaired) electrons. The summed E-state index contributed by atoms with van der Waals surface area (Å²) in [5.74, 6) is 0.126. The molecule has 3 rings (SSSR count). The van der Waals surface area contributed by atoms with E-state index in [0.717, 1.165) is 33.9 Å². The fraction of sp³-hybridized carbons (Fsp3) is 0.353.